The third kappa shape index (κ3) is 5.83. The van der Waals surface area contributed by atoms with Gasteiger partial charge in [0, 0.05) is 18.6 Å². The number of carboxylic acid groups (broad SMARTS) is 1. The molecule has 0 aromatic rings. The fraction of sp³-hybridized carbons (Fsp3) is 0.841. The Kier molecular flexibility index (Phi) is 10.2. The lowest BCUT2D eigenvalue weighted by Crippen LogP contribution is -2.68. The van der Waals surface area contributed by atoms with E-state index in [0.29, 0.717) is 48.9 Å². The number of piperidine rings is 1. The minimum atomic E-state index is -1.70. The predicted molar refractivity (Wildman–Crippen MR) is 209 cm³/mol. The molecule has 0 bridgehead atoms. The number of aliphatic carboxylic acids is 1. The number of hydrogen-bond acceptors (Lipinski definition) is 4. The summed E-state index contributed by atoms with van der Waals surface area (Å²) in [5, 5.41) is 14.0. The molecule has 8 heteroatoms. The molecule has 52 heavy (non-hydrogen) atoms. The van der Waals surface area contributed by atoms with Crippen molar-refractivity contribution < 1.29 is 23.1 Å². The molecule has 7 aliphatic rings. The fourth-order valence-electron chi connectivity index (χ4n) is 14.9. The highest BCUT2D eigenvalue weighted by Crippen LogP contribution is 2.76. The van der Waals surface area contributed by atoms with Gasteiger partial charge in [-0.05, 0) is 172 Å². The maximum Gasteiger partial charge on any atom is 0.312 e. The van der Waals surface area contributed by atoms with Gasteiger partial charge in [-0.15, -0.1) is 0 Å². The molecule has 4 saturated carbocycles. The van der Waals surface area contributed by atoms with Gasteiger partial charge in [-0.2, -0.15) is 0 Å². The highest BCUT2D eigenvalue weighted by atomic mass is 32.2. The Morgan fingerprint density at radius 3 is 2.29 bits per heavy atom. The molecule has 0 aromatic carbocycles. The molecule has 1 saturated heterocycles. The molecule has 292 valence electrons. The van der Waals surface area contributed by atoms with Crippen LogP contribution in [-0.4, -0.2) is 68.4 Å². The van der Waals surface area contributed by atoms with Crippen LogP contribution in [0.15, 0.2) is 35.5 Å². The van der Waals surface area contributed by atoms with Crippen molar-refractivity contribution in [2.24, 2.45) is 56.7 Å². The van der Waals surface area contributed by atoms with E-state index in [-0.39, 0.29) is 32.4 Å². The van der Waals surface area contributed by atoms with Crippen molar-refractivity contribution in [3.05, 3.63) is 35.5 Å². The van der Waals surface area contributed by atoms with Crippen LogP contribution in [0.4, 0.5) is 4.39 Å². The number of allylic oxidation sites excluding steroid dienone is 5. The Morgan fingerprint density at radius 2 is 1.67 bits per heavy atom. The summed E-state index contributed by atoms with van der Waals surface area (Å²) in [4.78, 5) is 14.5. The predicted octanol–water partition coefficient (Wildman–Crippen LogP) is 9.36. The first-order chi connectivity index (χ1) is 24.5. The number of hydrogen-bond donors (Lipinski definition) is 3. The Bertz CT molecular complexity index is 1520. The number of nitrogens with one attached hydrogen (secondary N) is 1. The standard InChI is InChI=1S/C44H69FN2O4S/c1-29(2)32-12-21-44(46-24-27-47-25-15-31(16-26-47)52(50)51)23-22-41(6)34(37(32)44)8-9-36-40(5)17-13-33(39(3,4)35(40)14-18-42(36,41)7)30-10-19-43(28-45,20-11-30)38(48)49/h10,13,31-32,34-37,46H,1,8-9,11-12,14-28H2,2-7H3,(H,48,49)(H,50,51)/t32?,34-,35+,36-,37-,40+,41-,42-,43+,44+/m1/s1. The first-order valence-electron chi connectivity index (χ1n) is 20.9. The zero-order valence-corrected chi connectivity index (χ0v) is 34.0. The van der Waals surface area contributed by atoms with E-state index < -0.39 is 29.1 Å². The van der Waals surface area contributed by atoms with Crippen molar-refractivity contribution in [2.75, 3.05) is 32.9 Å². The molecule has 3 N–H and O–H groups in total. The Labute approximate surface area is 316 Å². The summed E-state index contributed by atoms with van der Waals surface area (Å²) in [5.41, 5.74) is 3.70. The number of halogens is 1. The van der Waals surface area contributed by atoms with E-state index in [9.17, 15) is 23.1 Å². The largest absolute Gasteiger partial charge is 0.481 e. The van der Waals surface area contributed by atoms with Gasteiger partial charge in [0.15, 0.2) is 11.1 Å². The minimum absolute atomic E-state index is 0.0105. The van der Waals surface area contributed by atoms with Gasteiger partial charge in [0.1, 0.15) is 6.67 Å². The molecular weight excluding hydrogens is 672 g/mol. The Balaban J connectivity index is 1.11. The van der Waals surface area contributed by atoms with Gasteiger partial charge in [0.2, 0.25) is 0 Å². The second-order valence-electron chi connectivity index (χ2n) is 20.3. The van der Waals surface area contributed by atoms with Crippen molar-refractivity contribution in [2.45, 2.75) is 142 Å². The molecule has 1 aliphatic heterocycles. The molecule has 0 aromatic heterocycles. The van der Waals surface area contributed by atoms with Crippen molar-refractivity contribution >= 4 is 17.0 Å². The van der Waals surface area contributed by atoms with Gasteiger partial charge in [-0.1, -0.05) is 58.9 Å². The maximum absolute atomic E-state index is 14.0. The van der Waals surface area contributed by atoms with Crippen LogP contribution in [0.1, 0.15) is 131 Å². The van der Waals surface area contributed by atoms with E-state index in [1.165, 1.54) is 68.1 Å². The molecule has 7 rings (SSSR count). The summed E-state index contributed by atoms with van der Waals surface area (Å²) in [6.45, 7) is 22.9. The van der Waals surface area contributed by atoms with Gasteiger partial charge in [0.25, 0.3) is 0 Å². The molecule has 2 unspecified atom stereocenters. The maximum atomic E-state index is 14.0. The van der Waals surface area contributed by atoms with Gasteiger partial charge in [-0.25, -0.2) is 8.60 Å². The number of carboxylic acids is 1. The number of fused-ring (bicyclic) bond motifs is 7. The van der Waals surface area contributed by atoms with Crippen LogP contribution in [0, 0.1) is 56.7 Å². The Morgan fingerprint density at radius 1 is 0.942 bits per heavy atom. The number of nitrogens with zero attached hydrogens (tertiary/aromatic N) is 1. The highest BCUT2D eigenvalue weighted by molar-refractivity contribution is 7.79. The number of rotatable bonds is 9. The lowest BCUT2D eigenvalue weighted by molar-refractivity contribution is -0.221. The second kappa shape index (κ2) is 13.7. The SMILES string of the molecule is C=C(C)C1CC[C@]2(NCCN3CCC(S(=O)O)CC3)CC[C@]3(C)[C@H](CC[C@@H]4[C@@]5(C)CC=C(C6=CC[C@](CF)(C(=O)O)CC6)C(C)(C)[C@@H]5CC[C@]43C)[C@@H]12. The molecule has 0 radical (unpaired) electrons. The third-order valence-corrected chi connectivity index (χ3v) is 19.1. The summed E-state index contributed by atoms with van der Waals surface area (Å²) in [7, 11) is 0. The lowest BCUT2D eigenvalue weighted by Gasteiger charge is -2.72. The smallest absolute Gasteiger partial charge is 0.312 e. The van der Waals surface area contributed by atoms with E-state index in [4.69, 9.17) is 0 Å². The Hall–Kier alpha value is -1.35. The monoisotopic (exact) mass is 740 g/mol. The van der Waals surface area contributed by atoms with Gasteiger partial charge in [0.05, 0.1) is 10.7 Å². The minimum Gasteiger partial charge on any atom is -0.481 e. The van der Waals surface area contributed by atoms with Crippen LogP contribution >= 0.6 is 0 Å². The molecule has 0 spiro atoms. The normalized spacial score (nSPS) is 45.4. The first-order valence-corrected chi connectivity index (χ1v) is 22.1. The number of alkyl halides is 1. The van der Waals surface area contributed by atoms with Crippen molar-refractivity contribution in [3.8, 4) is 0 Å². The van der Waals surface area contributed by atoms with Crippen molar-refractivity contribution in [1.82, 2.24) is 10.2 Å². The van der Waals surface area contributed by atoms with Crippen LogP contribution in [0.3, 0.4) is 0 Å². The van der Waals surface area contributed by atoms with E-state index in [0.717, 1.165) is 45.4 Å². The van der Waals surface area contributed by atoms with Crippen LogP contribution in [-0.2, 0) is 15.9 Å². The first kappa shape index (κ1) is 38.9. The van der Waals surface area contributed by atoms with E-state index in [1.807, 2.05) is 0 Å². The van der Waals surface area contributed by atoms with Gasteiger partial charge < -0.3 is 19.9 Å². The third-order valence-electron chi connectivity index (χ3n) is 18.0. The second-order valence-corrected chi connectivity index (χ2v) is 21.5. The van der Waals surface area contributed by atoms with E-state index >= 15 is 0 Å². The van der Waals surface area contributed by atoms with Crippen LogP contribution in [0.2, 0.25) is 0 Å². The number of carbonyl (C=O) groups is 1. The zero-order chi connectivity index (χ0) is 37.5. The molecule has 0 amide bonds. The molecule has 11 atom stereocenters. The van der Waals surface area contributed by atoms with Crippen molar-refractivity contribution in [3.63, 3.8) is 0 Å². The molecule has 1 heterocycles. The fourth-order valence-corrected chi connectivity index (χ4v) is 15.5. The summed E-state index contributed by atoms with van der Waals surface area (Å²) in [6, 6.07) is 0. The summed E-state index contributed by atoms with van der Waals surface area (Å²) >= 11 is -1.70. The van der Waals surface area contributed by atoms with Crippen molar-refractivity contribution in [1.29, 1.82) is 0 Å². The number of likely N-dealkylation sites (tertiary alicyclic amines) is 1. The zero-order valence-electron chi connectivity index (χ0n) is 33.2. The van der Waals surface area contributed by atoms with Gasteiger partial charge in [-0.3, -0.25) is 4.79 Å². The summed E-state index contributed by atoms with van der Waals surface area (Å²) < 4.78 is 35.2. The highest BCUT2D eigenvalue weighted by Gasteiger charge is 2.70. The van der Waals surface area contributed by atoms with Crippen LogP contribution in [0.25, 0.3) is 0 Å². The van der Waals surface area contributed by atoms with E-state index in [1.54, 1.807) is 0 Å². The topological polar surface area (TPSA) is 89.9 Å². The summed E-state index contributed by atoms with van der Waals surface area (Å²) in [6.07, 6.45) is 18.7. The van der Waals surface area contributed by atoms with Crippen LogP contribution < -0.4 is 5.32 Å². The molecule has 6 aliphatic carbocycles. The molecule has 5 fully saturated rings. The quantitative estimate of drug-likeness (QED) is 0.161. The van der Waals surface area contributed by atoms with Gasteiger partial charge >= 0.3 is 5.97 Å². The summed E-state index contributed by atoms with van der Waals surface area (Å²) in [5.74, 6) is 2.08. The average molecular weight is 741 g/mol. The lowest BCUT2D eigenvalue weighted by atomic mass is 9.33. The molecule has 6 nitrogen and oxygen atoms in total. The van der Waals surface area contributed by atoms with E-state index in [2.05, 4.69) is 70.5 Å². The van der Waals surface area contributed by atoms with Crippen LogP contribution in [0.5, 0.6) is 0 Å². The average Bonchev–Trinajstić information content (AvgIpc) is 3.49. The molecular formula is C44H69FN2O4S.